The monoisotopic (exact) mass is 399 g/mol. The highest BCUT2D eigenvalue weighted by atomic mass is 16.2. The van der Waals surface area contributed by atoms with Crippen molar-refractivity contribution in [1.82, 2.24) is 10.2 Å². The number of carbonyl (C=O) groups is 1. The van der Waals surface area contributed by atoms with Crippen LogP contribution >= 0.6 is 0 Å². The summed E-state index contributed by atoms with van der Waals surface area (Å²) in [6.45, 7) is 3.34. The molecule has 6 nitrogen and oxygen atoms in total. The van der Waals surface area contributed by atoms with E-state index in [1.54, 1.807) is 0 Å². The number of carbonyl (C=O) groups excluding carboxylic acids is 1. The largest absolute Gasteiger partial charge is 0.312 e. The van der Waals surface area contributed by atoms with E-state index in [4.69, 9.17) is 4.99 Å². The van der Waals surface area contributed by atoms with Crippen LogP contribution in [0.2, 0.25) is 0 Å². The van der Waals surface area contributed by atoms with Gasteiger partial charge in [0, 0.05) is 31.9 Å². The number of amides is 1. The Labute approximate surface area is 176 Å². The third-order valence-corrected chi connectivity index (χ3v) is 6.61. The Kier molecular flexibility index (Phi) is 4.76. The first-order valence-corrected chi connectivity index (χ1v) is 10.6. The Morgan fingerprint density at radius 2 is 1.80 bits per heavy atom. The Morgan fingerprint density at radius 1 is 1.07 bits per heavy atom. The van der Waals surface area contributed by atoms with Crippen molar-refractivity contribution < 1.29 is 4.79 Å². The number of nitrogens with zero attached hydrogens (tertiary/aromatic N) is 4. The number of guanidine groups is 1. The van der Waals surface area contributed by atoms with Crippen LogP contribution in [0, 0.1) is 17.2 Å². The van der Waals surface area contributed by atoms with Gasteiger partial charge in [-0.15, -0.1) is 0 Å². The predicted molar refractivity (Wildman–Crippen MR) is 116 cm³/mol. The van der Waals surface area contributed by atoms with Gasteiger partial charge in [0.1, 0.15) is 0 Å². The third kappa shape index (κ3) is 3.25. The van der Waals surface area contributed by atoms with Crippen molar-refractivity contribution in [2.75, 3.05) is 24.5 Å². The van der Waals surface area contributed by atoms with Gasteiger partial charge in [-0.05, 0) is 36.5 Å². The standard InChI is InChI=1S/C24H25N5O/c25-16-20-22(30)26-23(29-13-10-19-8-4-5-9-21(19)29)27-24(20)11-14-28(15-12-24)17-18-6-2-1-3-7-18/h1-9,20H,10-15,17H2,(H,26,27,30)/t20-/m0/s1. The summed E-state index contributed by atoms with van der Waals surface area (Å²) in [5, 5.41) is 12.7. The summed E-state index contributed by atoms with van der Waals surface area (Å²) >= 11 is 0. The molecule has 1 atom stereocenters. The summed E-state index contributed by atoms with van der Waals surface area (Å²) < 4.78 is 0. The Hall–Kier alpha value is -3.17. The maximum atomic E-state index is 12.9. The molecule has 1 fully saturated rings. The van der Waals surface area contributed by atoms with E-state index >= 15 is 0 Å². The van der Waals surface area contributed by atoms with Crippen LogP contribution in [0.5, 0.6) is 0 Å². The Balaban J connectivity index is 1.40. The lowest BCUT2D eigenvalue weighted by atomic mass is 9.76. The molecule has 0 saturated carbocycles. The first-order valence-electron chi connectivity index (χ1n) is 10.6. The molecule has 1 amide bonds. The smallest absolute Gasteiger partial charge is 0.246 e. The molecule has 3 aliphatic rings. The third-order valence-electron chi connectivity index (χ3n) is 6.61. The molecular weight excluding hydrogens is 374 g/mol. The number of anilines is 1. The zero-order chi connectivity index (χ0) is 20.6. The van der Waals surface area contributed by atoms with Crippen LogP contribution in [0.25, 0.3) is 0 Å². The van der Waals surface area contributed by atoms with Crippen LogP contribution < -0.4 is 10.2 Å². The van der Waals surface area contributed by atoms with Crippen LogP contribution in [-0.4, -0.2) is 41.9 Å². The molecule has 2 aromatic carbocycles. The van der Waals surface area contributed by atoms with Crippen molar-refractivity contribution in [2.24, 2.45) is 10.9 Å². The number of aliphatic imine (C=N–C) groups is 1. The summed E-state index contributed by atoms with van der Waals surface area (Å²) in [6, 6.07) is 20.9. The number of hydrogen-bond acceptors (Lipinski definition) is 5. The van der Waals surface area contributed by atoms with Crippen LogP contribution in [0.15, 0.2) is 59.6 Å². The highest BCUT2D eigenvalue weighted by Gasteiger charge is 2.49. The Morgan fingerprint density at radius 3 is 2.57 bits per heavy atom. The van der Waals surface area contributed by atoms with Gasteiger partial charge in [0.25, 0.3) is 0 Å². The molecule has 0 bridgehead atoms. The van der Waals surface area contributed by atoms with Crippen molar-refractivity contribution in [3.8, 4) is 6.07 Å². The second-order valence-corrected chi connectivity index (χ2v) is 8.38. The van der Waals surface area contributed by atoms with Crippen LogP contribution in [0.3, 0.4) is 0 Å². The average Bonchev–Trinajstić information content (AvgIpc) is 3.20. The van der Waals surface area contributed by atoms with Gasteiger partial charge >= 0.3 is 0 Å². The molecule has 0 unspecified atom stereocenters. The second-order valence-electron chi connectivity index (χ2n) is 8.38. The molecule has 5 rings (SSSR count). The minimum absolute atomic E-state index is 0.219. The zero-order valence-electron chi connectivity index (χ0n) is 16.9. The molecule has 0 radical (unpaired) electrons. The summed E-state index contributed by atoms with van der Waals surface area (Å²) in [7, 11) is 0. The first kappa shape index (κ1) is 18.8. The average molecular weight is 399 g/mol. The van der Waals surface area contributed by atoms with E-state index in [0.717, 1.165) is 38.3 Å². The van der Waals surface area contributed by atoms with Gasteiger partial charge in [-0.25, -0.2) is 4.99 Å². The van der Waals surface area contributed by atoms with Crippen molar-refractivity contribution in [2.45, 2.75) is 31.3 Å². The molecule has 1 saturated heterocycles. The molecular formula is C24H25N5O. The van der Waals surface area contributed by atoms with Gasteiger partial charge in [-0.1, -0.05) is 48.5 Å². The quantitative estimate of drug-likeness (QED) is 0.843. The number of hydrogen-bond donors (Lipinski definition) is 1. The van der Waals surface area contributed by atoms with E-state index < -0.39 is 11.5 Å². The maximum absolute atomic E-state index is 12.9. The summed E-state index contributed by atoms with van der Waals surface area (Å²) in [5.41, 5.74) is 3.01. The lowest BCUT2D eigenvalue weighted by Crippen LogP contribution is -2.60. The predicted octanol–water partition coefficient (Wildman–Crippen LogP) is 2.71. The molecule has 152 valence electrons. The highest BCUT2D eigenvalue weighted by molar-refractivity contribution is 6.09. The van der Waals surface area contributed by atoms with Crippen molar-refractivity contribution in [3.05, 3.63) is 65.7 Å². The SMILES string of the molecule is N#C[C@H]1C(=O)NC(N2CCc3ccccc32)=NC12CCN(Cc1ccccc1)CC2. The number of nitriles is 1. The number of benzene rings is 2. The first-order chi connectivity index (χ1) is 14.7. The van der Waals surface area contributed by atoms with Gasteiger partial charge in [0.15, 0.2) is 5.92 Å². The van der Waals surface area contributed by atoms with Gasteiger partial charge < -0.3 is 4.90 Å². The minimum atomic E-state index is -0.738. The number of rotatable bonds is 2. The lowest BCUT2D eigenvalue weighted by Gasteiger charge is -2.44. The Bertz CT molecular complexity index is 1020. The van der Waals surface area contributed by atoms with Gasteiger partial charge in [0.2, 0.25) is 11.9 Å². The fourth-order valence-corrected chi connectivity index (χ4v) is 4.94. The maximum Gasteiger partial charge on any atom is 0.246 e. The van der Waals surface area contributed by atoms with E-state index in [1.165, 1.54) is 11.1 Å². The normalized spacial score (nSPS) is 22.9. The molecule has 30 heavy (non-hydrogen) atoms. The van der Waals surface area contributed by atoms with Crippen molar-refractivity contribution in [3.63, 3.8) is 0 Å². The topological polar surface area (TPSA) is 71.7 Å². The minimum Gasteiger partial charge on any atom is -0.312 e. The number of likely N-dealkylation sites (tertiary alicyclic amines) is 1. The second kappa shape index (κ2) is 7.58. The van der Waals surface area contributed by atoms with E-state index in [2.05, 4.69) is 57.6 Å². The lowest BCUT2D eigenvalue weighted by molar-refractivity contribution is -0.125. The number of piperidine rings is 1. The highest BCUT2D eigenvalue weighted by Crippen LogP contribution is 2.38. The summed E-state index contributed by atoms with van der Waals surface area (Å²) in [5.74, 6) is -0.352. The molecule has 0 aromatic heterocycles. The molecule has 3 aliphatic heterocycles. The van der Waals surface area contributed by atoms with Gasteiger partial charge in [0.05, 0.1) is 11.6 Å². The summed E-state index contributed by atoms with van der Waals surface area (Å²) in [4.78, 5) is 22.4. The van der Waals surface area contributed by atoms with E-state index in [9.17, 15) is 10.1 Å². The molecule has 0 aliphatic carbocycles. The fourth-order valence-electron chi connectivity index (χ4n) is 4.94. The number of fused-ring (bicyclic) bond motifs is 1. The van der Waals surface area contributed by atoms with Crippen LogP contribution in [-0.2, 0) is 17.8 Å². The van der Waals surface area contributed by atoms with Crippen LogP contribution in [0.1, 0.15) is 24.0 Å². The fraction of sp³-hybridized carbons (Fsp3) is 0.375. The molecule has 1 N–H and O–H groups in total. The molecule has 1 spiro atoms. The van der Waals surface area contributed by atoms with E-state index in [1.807, 2.05) is 18.2 Å². The molecule has 2 aromatic rings. The van der Waals surface area contributed by atoms with Crippen LogP contribution in [0.4, 0.5) is 5.69 Å². The van der Waals surface area contributed by atoms with Crippen molar-refractivity contribution in [1.29, 1.82) is 5.26 Å². The van der Waals surface area contributed by atoms with Crippen molar-refractivity contribution >= 4 is 17.6 Å². The number of para-hydroxylation sites is 1. The van der Waals surface area contributed by atoms with E-state index in [0.29, 0.717) is 18.8 Å². The molecule has 3 heterocycles. The van der Waals surface area contributed by atoms with Gasteiger partial charge in [-0.2, -0.15) is 5.26 Å². The molecule has 6 heteroatoms. The van der Waals surface area contributed by atoms with E-state index in [-0.39, 0.29) is 5.91 Å². The van der Waals surface area contributed by atoms with Gasteiger partial charge in [-0.3, -0.25) is 15.0 Å². The number of nitrogens with one attached hydrogen (secondary N) is 1. The zero-order valence-corrected chi connectivity index (χ0v) is 16.9. The summed E-state index contributed by atoms with van der Waals surface area (Å²) in [6.07, 6.45) is 2.36.